The lowest BCUT2D eigenvalue weighted by molar-refractivity contribution is 0.173. The summed E-state index contributed by atoms with van der Waals surface area (Å²) in [6, 6.07) is 0.649. The fourth-order valence-electron chi connectivity index (χ4n) is 1.18. The monoisotopic (exact) mass is 198 g/mol. The summed E-state index contributed by atoms with van der Waals surface area (Å²) in [6.45, 7) is 2.58. The molecule has 3 nitrogen and oxygen atoms in total. The first-order valence-corrected chi connectivity index (χ1v) is 5.47. The van der Waals surface area contributed by atoms with Crippen molar-refractivity contribution in [3.63, 3.8) is 0 Å². The van der Waals surface area contributed by atoms with Crippen LogP contribution in [0, 0.1) is 6.92 Å². The molecule has 1 fully saturated rings. The predicted molar refractivity (Wildman–Crippen MR) is 52.8 cm³/mol. The highest BCUT2D eigenvalue weighted by Crippen LogP contribution is 2.21. The molecule has 0 aromatic carbocycles. The van der Waals surface area contributed by atoms with Gasteiger partial charge in [-0.25, -0.2) is 4.98 Å². The van der Waals surface area contributed by atoms with Gasteiger partial charge in [-0.3, -0.25) is 0 Å². The first-order valence-electron chi connectivity index (χ1n) is 4.59. The number of aryl methyl sites for hydroxylation is 1. The van der Waals surface area contributed by atoms with E-state index < -0.39 is 6.10 Å². The van der Waals surface area contributed by atoms with Crippen molar-refractivity contribution in [1.82, 2.24) is 10.3 Å². The molecule has 1 heterocycles. The largest absolute Gasteiger partial charge is 0.385 e. The number of nitrogens with zero attached hydrogens (tertiary/aromatic N) is 1. The Morgan fingerprint density at radius 2 is 2.54 bits per heavy atom. The standard InChI is InChI=1S/C9H14N2OS/c1-6-5-13-9(11-6)8(12)4-10-7-2-3-7/h5,7-8,10,12H,2-4H2,1H3. The minimum absolute atomic E-state index is 0.431. The molecule has 13 heavy (non-hydrogen) atoms. The molecule has 2 N–H and O–H groups in total. The third kappa shape index (κ3) is 2.49. The number of aliphatic hydroxyl groups excluding tert-OH is 1. The molecule has 0 saturated heterocycles. The van der Waals surface area contributed by atoms with E-state index in [-0.39, 0.29) is 0 Å². The molecule has 0 radical (unpaired) electrons. The van der Waals surface area contributed by atoms with Gasteiger partial charge in [0.2, 0.25) is 0 Å². The quantitative estimate of drug-likeness (QED) is 0.765. The highest BCUT2D eigenvalue weighted by Gasteiger charge is 2.22. The zero-order chi connectivity index (χ0) is 9.26. The summed E-state index contributed by atoms with van der Waals surface area (Å²) in [5.41, 5.74) is 0.991. The maximum absolute atomic E-state index is 9.70. The maximum Gasteiger partial charge on any atom is 0.123 e. The molecule has 0 amide bonds. The van der Waals surface area contributed by atoms with Crippen molar-refractivity contribution in [1.29, 1.82) is 0 Å². The Balaban J connectivity index is 1.84. The Morgan fingerprint density at radius 3 is 3.08 bits per heavy atom. The van der Waals surface area contributed by atoms with Gasteiger partial charge in [-0.1, -0.05) is 0 Å². The van der Waals surface area contributed by atoms with Gasteiger partial charge in [0.1, 0.15) is 11.1 Å². The summed E-state index contributed by atoms with van der Waals surface area (Å²) >= 11 is 1.53. The molecule has 1 unspecified atom stereocenters. The SMILES string of the molecule is Cc1csc(C(O)CNC2CC2)n1. The fourth-order valence-corrected chi connectivity index (χ4v) is 1.96. The van der Waals surface area contributed by atoms with Crippen LogP contribution in [-0.4, -0.2) is 22.7 Å². The van der Waals surface area contributed by atoms with E-state index in [9.17, 15) is 5.11 Å². The Hall–Kier alpha value is -0.450. The lowest BCUT2D eigenvalue weighted by atomic mass is 10.3. The average Bonchev–Trinajstić information content (AvgIpc) is 2.84. The zero-order valence-corrected chi connectivity index (χ0v) is 8.47. The van der Waals surface area contributed by atoms with Crippen LogP contribution >= 0.6 is 11.3 Å². The van der Waals surface area contributed by atoms with Crippen LogP contribution in [0.25, 0.3) is 0 Å². The number of aliphatic hydroxyl groups is 1. The zero-order valence-electron chi connectivity index (χ0n) is 7.66. The molecular formula is C9H14N2OS. The molecule has 1 aliphatic carbocycles. The van der Waals surface area contributed by atoms with Gasteiger partial charge >= 0.3 is 0 Å². The number of hydrogen-bond donors (Lipinski definition) is 2. The van der Waals surface area contributed by atoms with E-state index in [4.69, 9.17) is 0 Å². The van der Waals surface area contributed by atoms with Gasteiger partial charge in [0.05, 0.1) is 0 Å². The molecule has 0 aliphatic heterocycles. The van der Waals surface area contributed by atoms with E-state index >= 15 is 0 Å². The van der Waals surface area contributed by atoms with Crippen LogP contribution in [0.15, 0.2) is 5.38 Å². The highest BCUT2D eigenvalue weighted by atomic mass is 32.1. The number of rotatable bonds is 4. The van der Waals surface area contributed by atoms with E-state index in [0.717, 1.165) is 10.7 Å². The summed E-state index contributed by atoms with van der Waals surface area (Å²) in [4.78, 5) is 4.24. The minimum Gasteiger partial charge on any atom is -0.385 e. The van der Waals surface area contributed by atoms with E-state index in [1.807, 2.05) is 12.3 Å². The Kier molecular flexibility index (Phi) is 2.62. The smallest absolute Gasteiger partial charge is 0.123 e. The third-order valence-corrected chi connectivity index (χ3v) is 3.16. The second-order valence-corrected chi connectivity index (χ2v) is 4.42. The lowest BCUT2D eigenvalue weighted by Gasteiger charge is -2.07. The Morgan fingerprint density at radius 1 is 1.77 bits per heavy atom. The molecule has 4 heteroatoms. The van der Waals surface area contributed by atoms with Crippen molar-refractivity contribution in [3.05, 3.63) is 16.1 Å². The lowest BCUT2D eigenvalue weighted by Crippen LogP contribution is -2.23. The fraction of sp³-hybridized carbons (Fsp3) is 0.667. The molecule has 0 spiro atoms. The summed E-state index contributed by atoms with van der Waals surface area (Å²) < 4.78 is 0. The summed E-state index contributed by atoms with van der Waals surface area (Å²) in [7, 11) is 0. The van der Waals surface area contributed by atoms with Crippen LogP contribution in [0.2, 0.25) is 0 Å². The van der Waals surface area contributed by atoms with Crippen LogP contribution in [0.3, 0.4) is 0 Å². The average molecular weight is 198 g/mol. The predicted octanol–water partition coefficient (Wildman–Crippen LogP) is 1.24. The molecular weight excluding hydrogens is 184 g/mol. The number of nitrogens with one attached hydrogen (secondary N) is 1. The van der Waals surface area contributed by atoms with Crippen LogP contribution < -0.4 is 5.32 Å². The highest BCUT2D eigenvalue weighted by molar-refractivity contribution is 7.09. The summed E-state index contributed by atoms with van der Waals surface area (Å²) in [5.74, 6) is 0. The molecule has 1 aromatic rings. The van der Waals surface area contributed by atoms with Gasteiger partial charge in [-0.15, -0.1) is 11.3 Å². The molecule has 1 saturated carbocycles. The van der Waals surface area contributed by atoms with Gasteiger partial charge < -0.3 is 10.4 Å². The van der Waals surface area contributed by atoms with Gasteiger partial charge in [-0.05, 0) is 19.8 Å². The van der Waals surface area contributed by atoms with Gasteiger partial charge in [0.15, 0.2) is 0 Å². The van der Waals surface area contributed by atoms with Crippen molar-refractivity contribution in [2.75, 3.05) is 6.54 Å². The number of hydrogen-bond acceptors (Lipinski definition) is 4. The van der Waals surface area contributed by atoms with Crippen molar-refractivity contribution >= 4 is 11.3 Å². The van der Waals surface area contributed by atoms with E-state index in [1.165, 1.54) is 24.2 Å². The topological polar surface area (TPSA) is 45.1 Å². The summed E-state index contributed by atoms with van der Waals surface area (Å²) in [6.07, 6.45) is 2.08. The van der Waals surface area contributed by atoms with Gasteiger partial charge in [0.25, 0.3) is 0 Å². The molecule has 72 valence electrons. The first kappa shape index (κ1) is 9.12. The van der Waals surface area contributed by atoms with Crippen molar-refractivity contribution in [2.45, 2.75) is 31.9 Å². The van der Waals surface area contributed by atoms with E-state index in [2.05, 4.69) is 10.3 Å². The minimum atomic E-state index is -0.431. The second kappa shape index (κ2) is 3.74. The van der Waals surface area contributed by atoms with Crippen LogP contribution in [0.1, 0.15) is 29.6 Å². The molecule has 1 atom stereocenters. The molecule has 1 aromatic heterocycles. The van der Waals surface area contributed by atoms with Crippen LogP contribution in [0.4, 0.5) is 0 Å². The maximum atomic E-state index is 9.70. The van der Waals surface area contributed by atoms with Gasteiger partial charge in [-0.2, -0.15) is 0 Å². The summed E-state index contributed by atoms with van der Waals surface area (Å²) in [5, 5.41) is 15.8. The number of aromatic nitrogens is 1. The molecule has 1 aliphatic rings. The molecule has 0 bridgehead atoms. The number of thiazole rings is 1. The Bertz CT molecular complexity index is 283. The Labute approximate surface area is 81.8 Å². The first-order chi connectivity index (χ1) is 6.25. The van der Waals surface area contributed by atoms with E-state index in [0.29, 0.717) is 12.6 Å². The molecule has 2 rings (SSSR count). The normalized spacial score (nSPS) is 18.9. The third-order valence-electron chi connectivity index (χ3n) is 2.10. The van der Waals surface area contributed by atoms with Crippen LogP contribution in [0.5, 0.6) is 0 Å². The van der Waals surface area contributed by atoms with Crippen LogP contribution in [-0.2, 0) is 0 Å². The van der Waals surface area contributed by atoms with Crippen molar-refractivity contribution < 1.29 is 5.11 Å². The van der Waals surface area contributed by atoms with E-state index in [1.54, 1.807) is 0 Å². The van der Waals surface area contributed by atoms with Crippen molar-refractivity contribution in [2.24, 2.45) is 0 Å². The van der Waals surface area contributed by atoms with Crippen molar-refractivity contribution in [3.8, 4) is 0 Å². The second-order valence-electron chi connectivity index (χ2n) is 3.53. The van der Waals surface area contributed by atoms with Gasteiger partial charge in [0, 0.05) is 23.7 Å².